The lowest BCUT2D eigenvalue weighted by Gasteiger charge is -2.23. The lowest BCUT2D eigenvalue weighted by molar-refractivity contribution is -0.130. The number of nitrogens with zero attached hydrogens (tertiary/aromatic N) is 2. The van der Waals surface area contributed by atoms with E-state index >= 15 is 0 Å². The van der Waals surface area contributed by atoms with Gasteiger partial charge in [-0.15, -0.1) is 0 Å². The van der Waals surface area contributed by atoms with Crippen molar-refractivity contribution in [3.05, 3.63) is 48.3 Å². The van der Waals surface area contributed by atoms with E-state index in [1.807, 2.05) is 38.1 Å². The van der Waals surface area contributed by atoms with E-state index in [1.54, 1.807) is 12.1 Å². The highest BCUT2D eigenvalue weighted by molar-refractivity contribution is 5.98. The van der Waals surface area contributed by atoms with Gasteiger partial charge in [0, 0.05) is 0 Å². The van der Waals surface area contributed by atoms with E-state index in [2.05, 4.69) is 20.6 Å². The molecule has 8 nitrogen and oxygen atoms in total. The summed E-state index contributed by atoms with van der Waals surface area (Å²) in [5.41, 5.74) is 1.41. The highest BCUT2D eigenvalue weighted by atomic mass is 16.5. The first-order chi connectivity index (χ1) is 14.4. The Balaban J connectivity index is 1.73. The minimum atomic E-state index is -0.807. The second kappa shape index (κ2) is 10.1. The third-order valence-corrected chi connectivity index (χ3v) is 4.66. The molecule has 8 heteroatoms. The van der Waals surface area contributed by atoms with E-state index < -0.39 is 23.9 Å². The van der Waals surface area contributed by atoms with Crippen molar-refractivity contribution in [1.29, 1.82) is 0 Å². The molecule has 1 aliphatic rings. The number of rotatable bonds is 6. The number of amides is 2. The van der Waals surface area contributed by atoms with Crippen LogP contribution in [0.1, 0.15) is 37.2 Å². The number of ether oxygens (including phenoxy) is 1. The number of nitrogens with one attached hydrogen (secondary N) is 2. The van der Waals surface area contributed by atoms with Gasteiger partial charge in [0.15, 0.2) is 5.78 Å². The van der Waals surface area contributed by atoms with Crippen LogP contribution in [-0.4, -0.2) is 52.9 Å². The fourth-order valence-corrected chi connectivity index (χ4v) is 3.14. The van der Waals surface area contributed by atoms with Crippen molar-refractivity contribution in [3.8, 4) is 0 Å². The van der Waals surface area contributed by atoms with Crippen LogP contribution in [-0.2, 0) is 14.3 Å². The SMILES string of the molecule is CC(C)CC(NC(=O)c1cnc2ccccc2n1)C(=O)NC1/C=C\CCOCC1=O. The fourth-order valence-electron chi connectivity index (χ4n) is 3.14. The van der Waals surface area contributed by atoms with Gasteiger partial charge in [-0.3, -0.25) is 19.4 Å². The quantitative estimate of drug-likeness (QED) is 0.703. The summed E-state index contributed by atoms with van der Waals surface area (Å²) in [5.74, 6) is -0.990. The largest absolute Gasteiger partial charge is 0.373 e. The summed E-state index contributed by atoms with van der Waals surface area (Å²) in [6, 6.07) is 5.66. The Morgan fingerprint density at radius 1 is 1.23 bits per heavy atom. The Bertz CT molecular complexity index is 957. The molecule has 158 valence electrons. The molecule has 0 bridgehead atoms. The molecule has 30 heavy (non-hydrogen) atoms. The van der Waals surface area contributed by atoms with Crippen molar-refractivity contribution in [3.63, 3.8) is 0 Å². The second-order valence-electron chi connectivity index (χ2n) is 7.62. The van der Waals surface area contributed by atoms with Crippen LogP contribution >= 0.6 is 0 Å². The van der Waals surface area contributed by atoms with Gasteiger partial charge in [0.1, 0.15) is 24.4 Å². The molecule has 0 saturated heterocycles. The number of hydrogen-bond acceptors (Lipinski definition) is 6. The Morgan fingerprint density at radius 3 is 2.77 bits per heavy atom. The molecule has 2 amide bonds. The molecule has 1 aliphatic heterocycles. The number of Topliss-reactive ketones (excluding diaryl/α,β-unsaturated/α-hetero) is 1. The molecular formula is C22H26N4O4. The van der Waals surface area contributed by atoms with E-state index in [-0.39, 0.29) is 24.0 Å². The average Bonchev–Trinajstić information content (AvgIpc) is 2.72. The van der Waals surface area contributed by atoms with Crippen LogP contribution in [0, 0.1) is 5.92 Å². The van der Waals surface area contributed by atoms with Crippen molar-refractivity contribution >= 4 is 28.6 Å². The minimum Gasteiger partial charge on any atom is -0.373 e. The third-order valence-electron chi connectivity index (χ3n) is 4.66. The molecule has 1 aromatic heterocycles. The summed E-state index contributed by atoms with van der Waals surface area (Å²) in [6.45, 7) is 4.33. The molecule has 0 spiro atoms. The number of benzene rings is 1. The van der Waals surface area contributed by atoms with Crippen molar-refractivity contribution < 1.29 is 19.1 Å². The number of carbonyl (C=O) groups excluding carboxylic acids is 3. The van der Waals surface area contributed by atoms with E-state index in [1.165, 1.54) is 6.20 Å². The Hall–Kier alpha value is -3.13. The zero-order valence-corrected chi connectivity index (χ0v) is 17.1. The zero-order valence-electron chi connectivity index (χ0n) is 17.1. The predicted octanol–water partition coefficient (Wildman–Crippen LogP) is 1.80. The Labute approximate surface area is 175 Å². The summed E-state index contributed by atoms with van der Waals surface area (Å²) in [4.78, 5) is 46.4. The van der Waals surface area contributed by atoms with Crippen molar-refractivity contribution in [1.82, 2.24) is 20.6 Å². The maximum Gasteiger partial charge on any atom is 0.272 e. The summed E-state index contributed by atoms with van der Waals surface area (Å²) in [7, 11) is 0. The number of ketones is 1. The first-order valence-corrected chi connectivity index (χ1v) is 10.0. The molecular weight excluding hydrogens is 384 g/mol. The van der Waals surface area contributed by atoms with Crippen LogP contribution in [0.4, 0.5) is 0 Å². The standard InChI is InChI=1S/C22H26N4O4/c1-14(2)11-18(21(28)25-17-9-5-6-10-30-13-20(17)27)26-22(29)19-12-23-15-7-3-4-8-16(15)24-19/h3-5,7-9,12,14,17-18H,6,10-11,13H2,1-2H3,(H,25,28)(H,26,29)/b9-5-. The van der Waals surface area contributed by atoms with E-state index in [9.17, 15) is 14.4 Å². The molecule has 0 radical (unpaired) electrons. The predicted molar refractivity (Wildman–Crippen MR) is 112 cm³/mol. The molecule has 2 aromatic rings. The second-order valence-corrected chi connectivity index (χ2v) is 7.62. The molecule has 1 aromatic carbocycles. The number of hydrogen-bond donors (Lipinski definition) is 2. The van der Waals surface area contributed by atoms with Crippen LogP contribution < -0.4 is 10.6 Å². The molecule has 0 aliphatic carbocycles. The van der Waals surface area contributed by atoms with E-state index in [0.29, 0.717) is 30.5 Å². The number of aromatic nitrogens is 2. The van der Waals surface area contributed by atoms with Gasteiger partial charge >= 0.3 is 0 Å². The van der Waals surface area contributed by atoms with Gasteiger partial charge in [0.2, 0.25) is 5.91 Å². The van der Waals surface area contributed by atoms with Crippen LogP contribution in [0.5, 0.6) is 0 Å². The zero-order chi connectivity index (χ0) is 21.5. The molecule has 0 fully saturated rings. The smallest absolute Gasteiger partial charge is 0.272 e. The molecule has 2 N–H and O–H groups in total. The maximum atomic E-state index is 12.9. The molecule has 2 heterocycles. The van der Waals surface area contributed by atoms with Gasteiger partial charge in [-0.05, 0) is 30.9 Å². The topological polar surface area (TPSA) is 110 Å². The fraction of sp³-hybridized carbons (Fsp3) is 0.409. The average molecular weight is 410 g/mol. The van der Waals surface area contributed by atoms with Gasteiger partial charge in [-0.1, -0.05) is 38.1 Å². The molecule has 3 rings (SSSR count). The summed E-state index contributed by atoms with van der Waals surface area (Å²) in [5, 5.41) is 5.46. The van der Waals surface area contributed by atoms with Crippen LogP contribution in [0.3, 0.4) is 0 Å². The number of fused-ring (bicyclic) bond motifs is 1. The van der Waals surface area contributed by atoms with Gasteiger partial charge in [0.05, 0.1) is 23.8 Å². The number of para-hydroxylation sites is 2. The highest BCUT2D eigenvalue weighted by Gasteiger charge is 2.27. The number of carbonyl (C=O) groups is 3. The first-order valence-electron chi connectivity index (χ1n) is 10.0. The summed E-state index contributed by atoms with van der Waals surface area (Å²) in [6.07, 6.45) is 5.96. The Kier molecular flexibility index (Phi) is 7.24. The normalized spacial score (nSPS) is 19.0. The van der Waals surface area contributed by atoms with Gasteiger partial charge < -0.3 is 15.4 Å². The van der Waals surface area contributed by atoms with Crippen molar-refractivity contribution in [2.45, 2.75) is 38.8 Å². The summed E-state index contributed by atoms with van der Waals surface area (Å²) < 4.78 is 5.24. The van der Waals surface area contributed by atoms with Crippen molar-refractivity contribution in [2.24, 2.45) is 5.92 Å². The van der Waals surface area contributed by atoms with Gasteiger partial charge in [0.25, 0.3) is 5.91 Å². The highest BCUT2D eigenvalue weighted by Crippen LogP contribution is 2.11. The lowest BCUT2D eigenvalue weighted by Crippen LogP contribution is -2.52. The first kappa shape index (κ1) is 21.6. The van der Waals surface area contributed by atoms with Crippen LogP contribution in [0.2, 0.25) is 0 Å². The molecule has 0 saturated carbocycles. The molecule has 2 atom stereocenters. The third kappa shape index (κ3) is 5.70. The minimum absolute atomic E-state index is 0.0524. The van der Waals surface area contributed by atoms with E-state index in [4.69, 9.17) is 4.74 Å². The van der Waals surface area contributed by atoms with Gasteiger partial charge in [-0.2, -0.15) is 0 Å². The molecule has 2 unspecified atom stereocenters. The van der Waals surface area contributed by atoms with Crippen LogP contribution in [0.25, 0.3) is 11.0 Å². The van der Waals surface area contributed by atoms with Crippen LogP contribution in [0.15, 0.2) is 42.6 Å². The van der Waals surface area contributed by atoms with E-state index in [0.717, 1.165) is 0 Å². The maximum absolute atomic E-state index is 12.9. The Morgan fingerprint density at radius 2 is 2.00 bits per heavy atom. The van der Waals surface area contributed by atoms with Gasteiger partial charge in [-0.25, -0.2) is 4.98 Å². The summed E-state index contributed by atoms with van der Waals surface area (Å²) >= 11 is 0. The van der Waals surface area contributed by atoms with Crippen molar-refractivity contribution in [2.75, 3.05) is 13.2 Å². The monoisotopic (exact) mass is 410 g/mol. The lowest BCUT2D eigenvalue weighted by atomic mass is 10.0.